The van der Waals surface area contributed by atoms with Crippen LogP contribution in [0.1, 0.15) is 20.8 Å². The van der Waals surface area contributed by atoms with E-state index in [1.54, 1.807) is 0 Å². The van der Waals surface area contributed by atoms with Crippen LogP contribution in [0.3, 0.4) is 0 Å². The van der Waals surface area contributed by atoms with Gasteiger partial charge < -0.3 is 20.1 Å². The Labute approximate surface area is 191 Å². The monoisotopic (exact) mass is 467 g/mol. The van der Waals surface area contributed by atoms with Gasteiger partial charge in [-0.05, 0) is 36.4 Å². The van der Waals surface area contributed by atoms with Crippen LogP contribution >= 0.6 is 0 Å². The maximum Gasteiger partial charge on any atom is 0.296 e. The first-order valence-electron chi connectivity index (χ1n) is 9.47. The summed E-state index contributed by atoms with van der Waals surface area (Å²) in [6.07, 6.45) is 1.10. The summed E-state index contributed by atoms with van der Waals surface area (Å²) in [4.78, 5) is 50.1. The van der Waals surface area contributed by atoms with Crippen LogP contribution in [0.25, 0.3) is 0 Å². The van der Waals surface area contributed by atoms with Gasteiger partial charge in [0, 0.05) is 6.20 Å². The number of benzene rings is 2. The standard InChI is InChI=1S/C21H17N5O8/c1-33-13-4-7-15(18(9-13)25(29)30)23-20(27)12-3-6-17(22-11-12)21(28)24-16-8-5-14(34-2)10-19(16)26(31)32/h3-11H,1-2H3,(H,23,27)(H,24,28). The van der Waals surface area contributed by atoms with Crippen LogP contribution in [0.5, 0.6) is 11.5 Å². The van der Waals surface area contributed by atoms with E-state index in [0.717, 1.165) is 12.3 Å². The first kappa shape index (κ1) is 23.6. The number of carbonyl (C=O) groups excluding carboxylic acids is 2. The first-order chi connectivity index (χ1) is 16.2. The van der Waals surface area contributed by atoms with Gasteiger partial charge in [-0.15, -0.1) is 0 Å². The molecule has 0 spiro atoms. The van der Waals surface area contributed by atoms with Gasteiger partial charge in [0.2, 0.25) is 0 Å². The molecule has 13 nitrogen and oxygen atoms in total. The number of ether oxygens (including phenoxy) is 2. The van der Waals surface area contributed by atoms with Crippen molar-refractivity contribution in [3.8, 4) is 11.5 Å². The normalized spacial score (nSPS) is 10.2. The molecular weight excluding hydrogens is 450 g/mol. The second kappa shape index (κ2) is 10.0. The maximum atomic E-state index is 12.5. The minimum atomic E-state index is -0.744. The van der Waals surface area contributed by atoms with Crippen molar-refractivity contribution in [1.82, 2.24) is 4.98 Å². The fourth-order valence-corrected chi connectivity index (χ4v) is 2.83. The average Bonchev–Trinajstić information content (AvgIpc) is 2.84. The van der Waals surface area contributed by atoms with E-state index < -0.39 is 21.7 Å². The lowest BCUT2D eigenvalue weighted by molar-refractivity contribution is -0.384. The number of rotatable bonds is 8. The predicted molar refractivity (Wildman–Crippen MR) is 119 cm³/mol. The van der Waals surface area contributed by atoms with Crippen molar-refractivity contribution in [1.29, 1.82) is 0 Å². The molecule has 3 aromatic rings. The van der Waals surface area contributed by atoms with Gasteiger partial charge in [-0.25, -0.2) is 0 Å². The Hall–Kier alpha value is -5.07. The van der Waals surface area contributed by atoms with E-state index in [0.29, 0.717) is 0 Å². The van der Waals surface area contributed by atoms with E-state index in [4.69, 9.17) is 9.47 Å². The molecule has 2 aromatic carbocycles. The molecule has 2 amide bonds. The van der Waals surface area contributed by atoms with Crippen molar-refractivity contribution in [2.45, 2.75) is 0 Å². The van der Waals surface area contributed by atoms with Crippen molar-refractivity contribution < 1.29 is 28.9 Å². The second-order valence-corrected chi connectivity index (χ2v) is 6.62. The smallest absolute Gasteiger partial charge is 0.296 e. The van der Waals surface area contributed by atoms with Crippen LogP contribution in [0.15, 0.2) is 54.7 Å². The molecule has 34 heavy (non-hydrogen) atoms. The highest BCUT2D eigenvalue weighted by Gasteiger charge is 2.20. The molecule has 0 aliphatic heterocycles. The summed E-state index contributed by atoms with van der Waals surface area (Å²) in [6.45, 7) is 0. The zero-order valence-corrected chi connectivity index (χ0v) is 17.8. The predicted octanol–water partition coefficient (Wildman–Crippen LogP) is 3.42. The minimum Gasteiger partial charge on any atom is -0.496 e. The quantitative estimate of drug-likeness (QED) is 0.371. The van der Waals surface area contributed by atoms with Crippen LogP contribution in [0.4, 0.5) is 22.7 Å². The van der Waals surface area contributed by atoms with E-state index in [9.17, 15) is 29.8 Å². The van der Waals surface area contributed by atoms with Crippen LogP contribution in [-0.2, 0) is 0 Å². The van der Waals surface area contributed by atoms with E-state index >= 15 is 0 Å². The molecule has 13 heteroatoms. The Morgan fingerprint density at radius 3 is 1.71 bits per heavy atom. The molecule has 0 radical (unpaired) electrons. The third kappa shape index (κ3) is 5.21. The van der Waals surface area contributed by atoms with Gasteiger partial charge in [0.15, 0.2) is 0 Å². The number of anilines is 2. The molecule has 2 N–H and O–H groups in total. The number of nitrogens with zero attached hydrogens (tertiary/aromatic N) is 3. The topological polar surface area (TPSA) is 176 Å². The SMILES string of the molecule is COc1ccc(NC(=O)c2ccc(C(=O)Nc3ccc(OC)cc3[N+](=O)[O-])nc2)c([N+](=O)[O-])c1. The Kier molecular flexibility index (Phi) is 6.96. The lowest BCUT2D eigenvalue weighted by Gasteiger charge is -2.09. The molecule has 1 heterocycles. The number of hydrogen-bond acceptors (Lipinski definition) is 9. The van der Waals surface area contributed by atoms with Crippen molar-refractivity contribution in [3.05, 3.63) is 86.2 Å². The van der Waals surface area contributed by atoms with Gasteiger partial charge in [-0.1, -0.05) is 0 Å². The Morgan fingerprint density at radius 2 is 1.29 bits per heavy atom. The Bertz CT molecular complexity index is 1180. The summed E-state index contributed by atoms with van der Waals surface area (Å²) >= 11 is 0. The van der Waals surface area contributed by atoms with Crippen LogP contribution in [-0.4, -0.2) is 40.9 Å². The van der Waals surface area contributed by atoms with Gasteiger partial charge in [0.1, 0.15) is 28.6 Å². The molecule has 0 fully saturated rings. The van der Waals surface area contributed by atoms with Gasteiger partial charge in [0.25, 0.3) is 23.2 Å². The van der Waals surface area contributed by atoms with Gasteiger partial charge in [0.05, 0.1) is 41.8 Å². The summed E-state index contributed by atoms with van der Waals surface area (Å²) in [5.74, 6) is -0.946. The lowest BCUT2D eigenvalue weighted by Crippen LogP contribution is -2.17. The largest absolute Gasteiger partial charge is 0.496 e. The number of carbonyl (C=O) groups is 2. The molecule has 0 saturated heterocycles. The first-order valence-corrected chi connectivity index (χ1v) is 9.47. The summed E-state index contributed by atoms with van der Waals surface area (Å²) in [5.41, 5.74) is -0.938. The van der Waals surface area contributed by atoms with Crippen molar-refractivity contribution in [3.63, 3.8) is 0 Å². The van der Waals surface area contributed by atoms with E-state index in [2.05, 4.69) is 15.6 Å². The van der Waals surface area contributed by atoms with Crippen molar-refractivity contribution in [2.24, 2.45) is 0 Å². The van der Waals surface area contributed by atoms with Gasteiger partial charge in [-0.3, -0.25) is 34.8 Å². The number of aromatic nitrogens is 1. The van der Waals surface area contributed by atoms with Gasteiger partial charge in [-0.2, -0.15) is 0 Å². The molecule has 0 saturated carbocycles. The third-order valence-corrected chi connectivity index (χ3v) is 4.56. The molecular formula is C21H17N5O8. The lowest BCUT2D eigenvalue weighted by atomic mass is 10.2. The van der Waals surface area contributed by atoms with Crippen LogP contribution in [0, 0.1) is 20.2 Å². The highest BCUT2D eigenvalue weighted by molar-refractivity contribution is 6.07. The fourth-order valence-electron chi connectivity index (χ4n) is 2.83. The highest BCUT2D eigenvalue weighted by atomic mass is 16.6. The zero-order chi connectivity index (χ0) is 24.8. The Morgan fingerprint density at radius 1 is 0.794 bits per heavy atom. The molecule has 3 rings (SSSR count). The molecule has 174 valence electrons. The number of pyridine rings is 1. The van der Waals surface area contributed by atoms with Crippen LogP contribution < -0.4 is 20.1 Å². The van der Waals surface area contributed by atoms with Crippen LogP contribution in [0.2, 0.25) is 0 Å². The molecule has 0 atom stereocenters. The number of hydrogen-bond donors (Lipinski definition) is 2. The van der Waals surface area contributed by atoms with Crippen molar-refractivity contribution in [2.75, 3.05) is 24.9 Å². The number of amides is 2. The van der Waals surface area contributed by atoms with E-state index in [1.165, 1.54) is 56.7 Å². The molecule has 0 aliphatic rings. The summed E-state index contributed by atoms with van der Waals surface area (Å²) in [5, 5.41) is 27.3. The molecule has 1 aromatic heterocycles. The zero-order valence-electron chi connectivity index (χ0n) is 17.8. The molecule has 0 aliphatic carbocycles. The van der Waals surface area contributed by atoms with E-state index in [-0.39, 0.29) is 45.5 Å². The minimum absolute atomic E-state index is 0.0251. The highest BCUT2D eigenvalue weighted by Crippen LogP contribution is 2.30. The average molecular weight is 467 g/mol. The van der Waals surface area contributed by atoms with E-state index in [1.807, 2.05) is 0 Å². The second-order valence-electron chi connectivity index (χ2n) is 6.62. The fraction of sp³-hybridized carbons (Fsp3) is 0.0952. The Balaban J connectivity index is 1.75. The third-order valence-electron chi connectivity index (χ3n) is 4.56. The van der Waals surface area contributed by atoms with Crippen molar-refractivity contribution >= 4 is 34.6 Å². The number of nitro benzene ring substituents is 2. The summed E-state index contributed by atoms with van der Waals surface area (Å²) in [7, 11) is 2.71. The molecule has 0 bridgehead atoms. The summed E-state index contributed by atoms with van der Waals surface area (Å²) < 4.78 is 9.90. The number of nitro groups is 2. The summed E-state index contributed by atoms with van der Waals surface area (Å²) in [6, 6.07) is 10.4. The number of nitrogens with one attached hydrogen (secondary N) is 2. The molecule has 0 unspecified atom stereocenters. The maximum absolute atomic E-state index is 12.5. The van der Waals surface area contributed by atoms with Gasteiger partial charge >= 0.3 is 0 Å². The number of methoxy groups -OCH3 is 2.